The van der Waals surface area contributed by atoms with E-state index in [1.807, 2.05) is 11.9 Å². The van der Waals surface area contributed by atoms with Crippen LogP contribution in [0, 0.1) is 13.8 Å². The van der Waals surface area contributed by atoms with E-state index >= 15 is 0 Å². The van der Waals surface area contributed by atoms with Crippen molar-refractivity contribution >= 4 is 17.6 Å². The van der Waals surface area contributed by atoms with Crippen LogP contribution >= 0.6 is 0 Å². The summed E-state index contributed by atoms with van der Waals surface area (Å²) >= 11 is 0. The Morgan fingerprint density at radius 3 is 2.55 bits per heavy atom. The summed E-state index contributed by atoms with van der Waals surface area (Å²) in [7, 11) is 2.05. The number of aryl methyl sites for hydroxylation is 2. The lowest BCUT2D eigenvalue weighted by Crippen LogP contribution is -2.53. The topological polar surface area (TPSA) is 120 Å². The maximum atomic E-state index is 12.5. The molecule has 0 radical (unpaired) electrons. The van der Waals surface area contributed by atoms with Gasteiger partial charge in [0.25, 0.3) is 0 Å². The molecule has 3 N–H and O–H groups in total. The molecule has 0 unspecified atom stereocenters. The van der Waals surface area contributed by atoms with Gasteiger partial charge in [0.15, 0.2) is 5.76 Å². The third-order valence-electron chi connectivity index (χ3n) is 5.64. The number of aromatic nitrogens is 1. The van der Waals surface area contributed by atoms with Crippen molar-refractivity contribution in [3.8, 4) is 0 Å². The summed E-state index contributed by atoms with van der Waals surface area (Å²) in [6, 6.07) is -0.742. The predicted octanol–water partition coefficient (Wildman–Crippen LogP) is 0.486. The number of ether oxygens (including phenoxy) is 1. The predicted molar refractivity (Wildman–Crippen MR) is 106 cm³/mol. The zero-order chi connectivity index (χ0) is 21.0. The Kier molecular flexibility index (Phi) is 7.09. The van der Waals surface area contributed by atoms with E-state index in [-0.39, 0.29) is 24.7 Å². The quantitative estimate of drug-likeness (QED) is 0.647. The van der Waals surface area contributed by atoms with Crippen molar-refractivity contribution in [1.82, 2.24) is 20.3 Å². The third kappa shape index (κ3) is 5.46. The van der Waals surface area contributed by atoms with Crippen LogP contribution in [-0.4, -0.2) is 90.1 Å². The number of nitrogens with one attached hydrogen (secondary N) is 2. The number of urea groups is 1. The highest BCUT2D eigenvalue weighted by Gasteiger charge is 2.34. The van der Waals surface area contributed by atoms with Crippen LogP contribution in [0.4, 0.5) is 10.5 Å². The van der Waals surface area contributed by atoms with Gasteiger partial charge < -0.3 is 34.8 Å². The van der Waals surface area contributed by atoms with Gasteiger partial charge >= 0.3 is 6.03 Å². The summed E-state index contributed by atoms with van der Waals surface area (Å²) in [6.45, 7) is 6.46. The molecule has 3 heterocycles. The Labute approximate surface area is 170 Å². The average molecular weight is 409 g/mol. The number of likely N-dealkylation sites (N-methyl/N-ethyl adjacent to an activating group) is 1. The van der Waals surface area contributed by atoms with Crippen molar-refractivity contribution in [3.63, 3.8) is 0 Å². The fourth-order valence-corrected chi connectivity index (χ4v) is 3.81. The van der Waals surface area contributed by atoms with E-state index in [1.165, 1.54) is 0 Å². The molecule has 0 saturated carbocycles. The van der Waals surface area contributed by atoms with Crippen molar-refractivity contribution in [2.24, 2.45) is 0 Å². The molecule has 2 aliphatic rings. The van der Waals surface area contributed by atoms with E-state index < -0.39 is 12.1 Å². The van der Waals surface area contributed by atoms with Gasteiger partial charge in [-0.05, 0) is 33.7 Å². The molecule has 1 aromatic rings. The first-order valence-electron chi connectivity index (χ1n) is 10.1. The lowest BCUT2D eigenvalue weighted by atomic mass is 9.97. The monoisotopic (exact) mass is 409 g/mol. The Hall–Kier alpha value is -2.17. The number of carbonyl (C=O) groups is 2. The maximum absolute atomic E-state index is 12.5. The molecule has 1 aromatic heterocycles. The number of carbonyl (C=O) groups excluding carboxylic acids is 2. The van der Waals surface area contributed by atoms with Crippen molar-refractivity contribution in [1.29, 1.82) is 0 Å². The largest absolute Gasteiger partial charge is 0.394 e. The van der Waals surface area contributed by atoms with Crippen LogP contribution in [0.1, 0.15) is 30.7 Å². The Bertz CT molecular complexity index is 696. The minimum absolute atomic E-state index is 0.0855. The van der Waals surface area contributed by atoms with Gasteiger partial charge in [-0.25, -0.2) is 4.79 Å². The highest BCUT2D eigenvalue weighted by molar-refractivity contribution is 5.90. The number of piperazine rings is 1. The number of anilines is 1. The van der Waals surface area contributed by atoms with Crippen LogP contribution in [0.25, 0.3) is 0 Å². The molecule has 0 aliphatic carbocycles. The van der Waals surface area contributed by atoms with Crippen molar-refractivity contribution in [2.75, 3.05) is 45.2 Å². The lowest BCUT2D eigenvalue weighted by Gasteiger charge is -2.37. The first-order chi connectivity index (χ1) is 13.9. The molecule has 2 fully saturated rings. The van der Waals surface area contributed by atoms with Gasteiger partial charge in [0.2, 0.25) is 5.91 Å². The van der Waals surface area contributed by atoms with E-state index in [4.69, 9.17) is 9.26 Å². The summed E-state index contributed by atoms with van der Waals surface area (Å²) in [6.07, 6.45) is 0.776. The van der Waals surface area contributed by atoms with Crippen molar-refractivity contribution in [3.05, 3.63) is 11.5 Å². The van der Waals surface area contributed by atoms with E-state index in [2.05, 4.69) is 20.7 Å². The second-order valence-electron chi connectivity index (χ2n) is 7.85. The van der Waals surface area contributed by atoms with Gasteiger partial charge in [0, 0.05) is 26.2 Å². The molecule has 10 heteroatoms. The van der Waals surface area contributed by atoms with E-state index in [0.717, 1.165) is 26.2 Å². The Morgan fingerprint density at radius 1 is 1.21 bits per heavy atom. The van der Waals surface area contributed by atoms with E-state index in [9.17, 15) is 14.7 Å². The molecule has 3 amide bonds. The number of aliphatic hydroxyl groups is 1. The minimum atomic E-state index is -0.551. The van der Waals surface area contributed by atoms with Gasteiger partial charge in [-0.1, -0.05) is 5.16 Å². The zero-order valence-corrected chi connectivity index (χ0v) is 17.3. The first-order valence-corrected chi connectivity index (χ1v) is 10.1. The molecule has 0 bridgehead atoms. The van der Waals surface area contributed by atoms with Crippen LogP contribution in [0.15, 0.2) is 4.52 Å². The van der Waals surface area contributed by atoms with Gasteiger partial charge in [0.1, 0.15) is 17.5 Å². The molecule has 29 heavy (non-hydrogen) atoms. The molecule has 0 aromatic carbocycles. The van der Waals surface area contributed by atoms with Gasteiger partial charge in [-0.3, -0.25) is 4.79 Å². The molecule has 2 aliphatic heterocycles. The molecule has 3 atom stereocenters. The molecular weight excluding hydrogens is 378 g/mol. The standard InChI is InChI=1S/C19H31N5O5/c1-12-18(13(2)29-22-12)21-19(27)20-15-5-4-14(28-16(15)11-25)10-17(26)24-8-6-23(3)7-9-24/h14-16,25H,4-11H2,1-3H3,(H2,20,21,27)/t14-,15+,16-/m1/s1. The van der Waals surface area contributed by atoms with Crippen LogP contribution in [0.2, 0.25) is 0 Å². The maximum Gasteiger partial charge on any atom is 0.319 e. The van der Waals surface area contributed by atoms with Gasteiger partial charge in [-0.15, -0.1) is 0 Å². The minimum Gasteiger partial charge on any atom is -0.394 e. The summed E-state index contributed by atoms with van der Waals surface area (Å²) in [5.41, 5.74) is 1.13. The van der Waals surface area contributed by atoms with Crippen molar-refractivity contribution in [2.45, 2.75) is 51.4 Å². The number of nitrogens with zero attached hydrogens (tertiary/aromatic N) is 3. The third-order valence-corrected chi connectivity index (χ3v) is 5.64. The number of rotatable bonds is 5. The number of aliphatic hydroxyl groups excluding tert-OH is 1. The molecular formula is C19H31N5O5. The van der Waals surface area contributed by atoms with Crippen molar-refractivity contribution < 1.29 is 24.0 Å². The highest BCUT2D eigenvalue weighted by atomic mass is 16.5. The van der Waals surface area contributed by atoms with Crippen LogP contribution in [0.3, 0.4) is 0 Å². The molecule has 3 rings (SSSR count). The molecule has 0 spiro atoms. The Morgan fingerprint density at radius 2 is 1.93 bits per heavy atom. The fourth-order valence-electron chi connectivity index (χ4n) is 3.81. The van der Waals surface area contributed by atoms with Gasteiger partial charge in [-0.2, -0.15) is 0 Å². The summed E-state index contributed by atoms with van der Waals surface area (Å²) < 4.78 is 11.0. The summed E-state index contributed by atoms with van der Waals surface area (Å²) in [5, 5.41) is 19.1. The smallest absolute Gasteiger partial charge is 0.319 e. The van der Waals surface area contributed by atoms with E-state index in [1.54, 1.807) is 13.8 Å². The lowest BCUT2D eigenvalue weighted by molar-refractivity contribution is -0.141. The SMILES string of the molecule is Cc1noc(C)c1NC(=O)N[C@H]1CC[C@H](CC(=O)N2CCN(C)CC2)O[C@@H]1CO. The number of hydrogen-bond donors (Lipinski definition) is 3. The second kappa shape index (κ2) is 9.55. The number of amides is 3. The van der Waals surface area contributed by atoms with Gasteiger partial charge in [0.05, 0.1) is 25.2 Å². The summed E-state index contributed by atoms with van der Waals surface area (Å²) in [5.74, 6) is 0.612. The van der Waals surface area contributed by atoms with E-state index in [0.29, 0.717) is 36.4 Å². The van der Waals surface area contributed by atoms with Crippen LogP contribution < -0.4 is 10.6 Å². The van der Waals surface area contributed by atoms with Crippen LogP contribution in [-0.2, 0) is 9.53 Å². The summed E-state index contributed by atoms with van der Waals surface area (Å²) in [4.78, 5) is 29.0. The zero-order valence-electron chi connectivity index (χ0n) is 17.3. The highest BCUT2D eigenvalue weighted by Crippen LogP contribution is 2.24. The Balaban J connectivity index is 1.49. The molecule has 10 nitrogen and oxygen atoms in total. The van der Waals surface area contributed by atoms with Crippen LogP contribution in [0.5, 0.6) is 0 Å². The number of hydrogen-bond acceptors (Lipinski definition) is 7. The first kappa shape index (κ1) is 21.5. The molecule has 2 saturated heterocycles. The second-order valence-corrected chi connectivity index (χ2v) is 7.85. The fraction of sp³-hybridized carbons (Fsp3) is 0.737. The molecule has 162 valence electrons. The normalized spacial score (nSPS) is 25.7. The average Bonchev–Trinajstić information content (AvgIpc) is 3.01.